The molecule has 0 bridgehead atoms. The largest absolute Gasteiger partial charge is 0.445 e. The van der Waals surface area contributed by atoms with E-state index >= 15 is 0 Å². The molecule has 1 aromatic rings. The summed E-state index contributed by atoms with van der Waals surface area (Å²) in [5, 5.41) is 6.65. The monoisotopic (exact) mass is 332 g/mol. The fourth-order valence-electron chi connectivity index (χ4n) is 3.53. The van der Waals surface area contributed by atoms with Gasteiger partial charge in [-0.15, -0.1) is 0 Å². The summed E-state index contributed by atoms with van der Waals surface area (Å²) >= 11 is 0. The molecule has 1 amide bonds. The van der Waals surface area contributed by atoms with Crippen molar-refractivity contribution in [3.63, 3.8) is 0 Å². The van der Waals surface area contributed by atoms with E-state index in [1.165, 1.54) is 0 Å². The number of nitrogens with one attached hydrogen (secondary N) is 2. The zero-order valence-corrected chi connectivity index (χ0v) is 14.4. The van der Waals surface area contributed by atoms with Crippen molar-refractivity contribution in [3.8, 4) is 0 Å². The maximum atomic E-state index is 11.8. The summed E-state index contributed by atoms with van der Waals surface area (Å²) in [6.07, 6.45) is 3.94. The first-order chi connectivity index (χ1) is 11.7. The van der Waals surface area contributed by atoms with Gasteiger partial charge < -0.3 is 20.1 Å². The quantitative estimate of drug-likeness (QED) is 0.841. The van der Waals surface area contributed by atoms with Crippen LogP contribution in [0.3, 0.4) is 0 Å². The van der Waals surface area contributed by atoms with Gasteiger partial charge in [0.2, 0.25) is 0 Å². The molecule has 0 spiro atoms. The van der Waals surface area contributed by atoms with Gasteiger partial charge in [0.15, 0.2) is 0 Å². The van der Waals surface area contributed by atoms with Crippen LogP contribution in [0.5, 0.6) is 0 Å². The van der Waals surface area contributed by atoms with Gasteiger partial charge in [-0.25, -0.2) is 4.79 Å². The van der Waals surface area contributed by atoms with E-state index in [0.717, 1.165) is 44.5 Å². The third-order valence-corrected chi connectivity index (χ3v) is 5.14. The highest BCUT2D eigenvalue weighted by Crippen LogP contribution is 2.24. The number of benzene rings is 1. The van der Waals surface area contributed by atoms with Crippen molar-refractivity contribution in [2.24, 2.45) is 5.92 Å². The number of carbonyl (C=O) groups excluding carboxylic acids is 1. The lowest BCUT2D eigenvalue weighted by Gasteiger charge is -2.40. The summed E-state index contributed by atoms with van der Waals surface area (Å²) in [4.78, 5) is 11.8. The maximum absolute atomic E-state index is 11.8. The van der Waals surface area contributed by atoms with Gasteiger partial charge in [0, 0.05) is 31.3 Å². The van der Waals surface area contributed by atoms with Crippen LogP contribution in [0.1, 0.15) is 38.2 Å². The van der Waals surface area contributed by atoms with Crippen molar-refractivity contribution in [1.82, 2.24) is 10.6 Å². The Kier molecular flexibility index (Phi) is 6.10. The Balaban J connectivity index is 1.29. The van der Waals surface area contributed by atoms with Gasteiger partial charge in [0.25, 0.3) is 0 Å². The van der Waals surface area contributed by atoms with Gasteiger partial charge in [-0.2, -0.15) is 0 Å². The Morgan fingerprint density at radius 1 is 1.21 bits per heavy atom. The maximum Gasteiger partial charge on any atom is 0.407 e. The van der Waals surface area contributed by atoms with Gasteiger partial charge in [0.1, 0.15) is 6.61 Å². The van der Waals surface area contributed by atoms with Gasteiger partial charge in [-0.3, -0.25) is 0 Å². The van der Waals surface area contributed by atoms with Gasteiger partial charge >= 0.3 is 6.09 Å². The van der Waals surface area contributed by atoms with Crippen molar-refractivity contribution in [3.05, 3.63) is 35.9 Å². The Morgan fingerprint density at radius 3 is 2.62 bits per heavy atom. The molecule has 1 heterocycles. The molecule has 2 N–H and O–H groups in total. The third-order valence-electron chi connectivity index (χ3n) is 5.14. The lowest BCUT2D eigenvalue weighted by Crippen LogP contribution is -2.55. The van der Waals surface area contributed by atoms with Crippen LogP contribution in [0.15, 0.2) is 30.3 Å². The third kappa shape index (κ3) is 4.95. The average Bonchev–Trinajstić information content (AvgIpc) is 2.59. The minimum atomic E-state index is -0.320. The Hall–Kier alpha value is -1.59. The van der Waals surface area contributed by atoms with Gasteiger partial charge in [-0.1, -0.05) is 30.3 Å². The molecule has 1 atom stereocenters. The Bertz CT molecular complexity index is 511. The molecule has 132 valence electrons. The highest BCUT2D eigenvalue weighted by atomic mass is 16.5. The molecule has 5 nitrogen and oxygen atoms in total. The molecule has 3 rings (SSSR count). The second-order valence-corrected chi connectivity index (χ2v) is 6.98. The number of alkyl carbamates (subject to hydrolysis) is 1. The van der Waals surface area contributed by atoms with Crippen LogP contribution in [-0.4, -0.2) is 37.4 Å². The van der Waals surface area contributed by atoms with Gasteiger partial charge in [-0.05, 0) is 44.1 Å². The molecule has 24 heavy (non-hydrogen) atoms. The van der Waals surface area contributed by atoms with Crippen molar-refractivity contribution < 1.29 is 14.3 Å². The predicted molar refractivity (Wildman–Crippen MR) is 92.7 cm³/mol. The van der Waals surface area contributed by atoms with E-state index in [-0.39, 0.29) is 12.1 Å². The van der Waals surface area contributed by atoms with E-state index in [1.54, 1.807) is 0 Å². The molecule has 1 aromatic carbocycles. The first kappa shape index (κ1) is 17.2. The number of hydrogen-bond donors (Lipinski definition) is 2. The van der Waals surface area contributed by atoms with Crippen LogP contribution in [0.4, 0.5) is 4.79 Å². The molecule has 1 aliphatic heterocycles. The number of carbonyl (C=O) groups is 1. The summed E-state index contributed by atoms with van der Waals surface area (Å²) < 4.78 is 10.7. The Morgan fingerprint density at radius 2 is 1.92 bits per heavy atom. The Labute approximate surface area is 144 Å². The molecule has 1 aliphatic carbocycles. The lowest BCUT2D eigenvalue weighted by molar-refractivity contribution is 0.0511. The highest BCUT2D eigenvalue weighted by Gasteiger charge is 2.33. The second-order valence-electron chi connectivity index (χ2n) is 6.98. The zero-order valence-electron chi connectivity index (χ0n) is 14.4. The highest BCUT2D eigenvalue weighted by molar-refractivity contribution is 5.67. The summed E-state index contributed by atoms with van der Waals surface area (Å²) in [5.41, 5.74) is 1.01. The fraction of sp³-hybridized carbons (Fsp3) is 0.632. The minimum Gasteiger partial charge on any atom is -0.445 e. The smallest absolute Gasteiger partial charge is 0.407 e. The molecular formula is C19H28N2O3. The number of rotatable bonds is 6. The lowest BCUT2D eigenvalue weighted by atomic mass is 9.84. The van der Waals surface area contributed by atoms with E-state index in [2.05, 4.69) is 17.6 Å². The van der Waals surface area contributed by atoms with Crippen molar-refractivity contribution in [2.45, 2.75) is 57.3 Å². The zero-order chi connectivity index (χ0) is 16.8. The van der Waals surface area contributed by atoms with Crippen LogP contribution in [0.25, 0.3) is 0 Å². The normalized spacial score (nSPS) is 25.5. The molecule has 5 heteroatoms. The molecule has 1 saturated heterocycles. The number of amides is 1. The van der Waals surface area contributed by atoms with E-state index in [4.69, 9.17) is 9.47 Å². The van der Waals surface area contributed by atoms with E-state index in [0.29, 0.717) is 24.6 Å². The summed E-state index contributed by atoms with van der Waals surface area (Å²) in [5.74, 6) is 0.710. The number of ether oxygens (including phenoxy) is 2. The molecule has 2 aliphatic rings. The fourth-order valence-corrected chi connectivity index (χ4v) is 3.53. The first-order valence-electron chi connectivity index (χ1n) is 9.01. The van der Waals surface area contributed by atoms with Gasteiger partial charge in [0.05, 0.1) is 0 Å². The minimum absolute atomic E-state index is 0.229. The predicted octanol–water partition coefficient (Wildman–Crippen LogP) is 2.85. The summed E-state index contributed by atoms with van der Waals surface area (Å²) in [6.45, 7) is 4.37. The number of hydrogen-bond acceptors (Lipinski definition) is 4. The molecule has 1 unspecified atom stereocenters. The van der Waals surface area contributed by atoms with Crippen LogP contribution >= 0.6 is 0 Å². The summed E-state index contributed by atoms with van der Waals surface area (Å²) in [7, 11) is 0. The average molecular weight is 332 g/mol. The van der Waals surface area contributed by atoms with E-state index in [9.17, 15) is 4.79 Å². The first-order valence-corrected chi connectivity index (χ1v) is 9.01. The standard InChI is InChI=1S/C19H28N2O3/c1-14(16-7-9-23-10-8-16)20-17-11-18(12-17)21-19(22)24-13-15-5-3-2-4-6-15/h2-6,14,16-18,20H,7-13H2,1H3,(H,21,22). The van der Waals surface area contributed by atoms with E-state index in [1.807, 2.05) is 30.3 Å². The topological polar surface area (TPSA) is 59.6 Å². The second kappa shape index (κ2) is 8.49. The molecular weight excluding hydrogens is 304 g/mol. The van der Waals surface area contributed by atoms with Crippen LogP contribution in [0.2, 0.25) is 0 Å². The molecule has 0 aromatic heterocycles. The van der Waals surface area contributed by atoms with Crippen molar-refractivity contribution in [2.75, 3.05) is 13.2 Å². The summed E-state index contributed by atoms with van der Waals surface area (Å²) in [6, 6.07) is 11.0. The van der Waals surface area contributed by atoms with Crippen LogP contribution in [-0.2, 0) is 16.1 Å². The molecule has 0 radical (unpaired) electrons. The van der Waals surface area contributed by atoms with E-state index < -0.39 is 0 Å². The SMILES string of the molecule is CC(NC1CC(NC(=O)OCc2ccccc2)C1)C1CCOCC1. The molecule has 1 saturated carbocycles. The van der Waals surface area contributed by atoms with Crippen LogP contribution < -0.4 is 10.6 Å². The van der Waals surface area contributed by atoms with Crippen LogP contribution in [0, 0.1) is 5.92 Å². The van der Waals surface area contributed by atoms with Crippen molar-refractivity contribution in [1.29, 1.82) is 0 Å². The van der Waals surface area contributed by atoms with Crippen molar-refractivity contribution >= 4 is 6.09 Å². The molecule has 2 fully saturated rings.